The van der Waals surface area contributed by atoms with Crippen LogP contribution in [0, 0.1) is 11.2 Å². The normalized spacial score (nSPS) is 13.3. The van der Waals surface area contributed by atoms with Crippen molar-refractivity contribution in [2.24, 2.45) is 0 Å². The summed E-state index contributed by atoms with van der Waals surface area (Å²) in [5.74, 6) is 3.55. The van der Waals surface area contributed by atoms with Gasteiger partial charge in [-0.2, -0.15) is 10.0 Å². The maximum Gasteiger partial charge on any atom is 0.0462 e. The van der Waals surface area contributed by atoms with Crippen LogP contribution in [0.25, 0.3) is 22.3 Å². The number of hydrogen-bond acceptors (Lipinski definition) is 1. The Morgan fingerprint density at radius 2 is 1.07 bits per heavy atom. The van der Waals surface area contributed by atoms with E-state index in [0.29, 0.717) is 0 Å². The molecule has 0 radical (unpaired) electrons. The van der Waals surface area contributed by atoms with Crippen LogP contribution in [0.1, 0.15) is 69.1 Å². The zero-order valence-corrected chi connectivity index (χ0v) is 29.0. The highest BCUT2D eigenvalue weighted by molar-refractivity contribution is 8.36. The molecule has 0 saturated carbocycles. The third-order valence-corrected chi connectivity index (χ3v) is 9.98. The lowest BCUT2D eigenvalue weighted by Gasteiger charge is -2.33. The second-order valence-corrected chi connectivity index (χ2v) is 17.3. The van der Waals surface area contributed by atoms with Gasteiger partial charge in [-0.1, -0.05) is 112 Å². The van der Waals surface area contributed by atoms with Gasteiger partial charge in [-0.05, 0) is 125 Å². The standard InChI is InChI=1S/C44H47NS/c1-6-8-29-44(30-9-7-2)42-32-34(28-31-46(3,4)5)20-26-40(42)41-27-23-36(33-43(41)44)35-21-24-39(25-22-35)45(37-16-12-10-13-17-37)38-18-14-11-15-19-38/h10-27,32-33H,6-9,29-30H2,1-5H3. The Morgan fingerprint density at radius 1 is 0.565 bits per heavy atom. The Balaban J connectivity index is 1.42. The van der Waals surface area contributed by atoms with Gasteiger partial charge in [0.25, 0.3) is 0 Å². The van der Waals surface area contributed by atoms with E-state index in [4.69, 9.17) is 0 Å². The van der Waals surface area contributed by atoms with Gasteiger partial charge in [0.1, 0.15) is 0 Å². The van der Waals surface area contributed by atoms with E-state index in [1.54, 1.807) is 0 Å². The number of hydrogen-bond donors (Lipinski definition) is 0. The molecule has 1 aliphatic carbocycles. The quantitative estimate of drug-likeness (QED) is 0.140. The molecule has 0 saturated heterocycles. The topological polar surface area (TPSA) is 3.24 Å². The minimum Gasteiger partial charge on any atom is -0.311 e. The second kappa shape index (κ2) is 13.7. The first-order chi connectivity index (χ1) is 22.3. The maximum atomic E-state index is 3.56. The molecule has 2 heteroatoms. The molecule has 0 unspecified atom stereocenters. The predicted octanol–water partition coefficient (Wildman–Crippen LogP) is 12.5. The van der Waals surface area contributed by atoms with Gasteiger partial charge in [0.2, 0.25) is 0 Å². The van der Waals surface area contributed by atoms with Gasteiger partial charge in [0.15, 0.2) is 0 Å². The van der Waals surface area contributed by atoms with E-state index >= 15 is 0 Å². The summed E-state index contributed by atoms with van der Waals surface area (Å²) >= 11 is 0. The molecular weight excluding hydrogens is 575 g/mol. The molecule has 0 bridgehead atoms. The number of anilines is 3. The highest BCUT2D eigenvalue weighted by atomic mass is 32.3. The fourth-order valence-electron chi connectivity index (χ4n) is 6.99. The molecule has 5 aromatic rings. The van der Waals surface area contributed by atoms with Gasteiger partial charge in [-0.15, -0.1) is 0 Å². The van der Waals surface area contributed by atoms with Crippen LogP contribution < -0.4 is 4.90 Å². The minimum absolute atomic E-state index is 0.0241. The van der Waals surface area contributed by atoms with Crippen LogP contribution in [0.3, 0.4) is 0 Å². The van der Waals surface area contributed by atoms with E-state index < -0.39 is 10.0 Å². The number of fused-ring (bicyclic) bond motifs is 3. The zero-order chi connectivity index (χ0) is 32.1. The second-order valence-electron chi connectivity index (χ2n) is 13.4. The molecule has 0 heterocycles. The fourth-order valence-corrected chi connectivity index (χ4v) is 7.41. The van der Waals surface area contributed by atoms with Crippen molar-refractivity contribution in [2.45, 2.75) is 57.8 Å². The van der Waals surface area contributed by atoms with E-state index in [2.05, 4.69) is 170 Å². The predicted molar refractivity (Wildman–Crippen MR) is 204 cm³/mol. The first kappa shape index (κ1) is 31.8. The molecule has 0 aromatic heterocycles. The number of unbranched alkanes of at least 4 members (excludes halogenated alkanes) is 2. The third kappa shape index (κ3) is 6.53. The summed E-state index contributed by atoms with van der Waals surface area (Å²) in [6.45, 7) is 4.65. The van der Waals surface area contributed by atoms with Gasteiger partial charge in [0, 0.05) is 28.0 Å². The van der Waals surface area contributed by atoms with Crippen LogP contribution in [0.4, 0.5) is 17.1 Å². The van der Waals surface area contributed by atoms with E-state index in [-0.39, 0.29) is 5.41 Å². The molecule has 234 valence electrons. The van der Waals surface area contributed by atoms with E-state index in [1.807, 2.05) is 0 Å². The van der Waals surface area contributed by atoms with Gasteiger partial charge in [-0.25, -0.2) is 0 Å². The fraction of sp³-hybridized carbons (Fsp3) is 0.273. The van der Waals surface area contributed by atoms with Gasteiger partial charge >= 0.3 is 0 Å². The largest absolute Gasteiger partial charge is 0.311 e. The molecular formula is C44H47NS. The Hall–Kier alpha value is -4.19. The summed E-state index contributed by atoms with van der Waals surface area (Å²) in [5, 5.41) is 3.56. The lowest BCUT2D eigenvalue weighted by Crippen LogP contribution is -2.25. The number of nitrogens with zero attached hydrogens (tertiary/aromatic N) is 1. The average molecular weight is 622 g/mol. The summed E-state index contributed by atoms with van der Waals surface area (Å²) in [4.78, 5) is 2.32. The Morgan fingerprint density at radius 3 is 1.61 bits per heavy atom. The van der Waals surface area contributed by atoms with Crippen LogP contribution >= 0.6 is 10.0 Å². The third-order valence-electron chi connectivity index (χ3n) is 9.26. The first-order valence-electron chi connectivity index (χ1n) is 16.8. The Kier molecular flexibility index (Phi) is 9.44. The van der Waals surface area contributed by atoms with Crippen molar-refractivity contribution in [1.29, 1.82) is 0 Å². The summed E-state index contributed by atoms with van der Waals surface area (Å²) in [7, 11) is -0.888. The van der Waals surface area contributed by atoms with Gasteiger partial charge < -0.3 is 4.90 Å². The minimum atomic E-state index is -0.888. The van der Waals surface area contributed by atoms with E-state index in [9.17, 15) is 0 Å². The molecule has 0 aliphatic heterocycles. The summed E-state index contributed by atoms with van der Waals surface area (Å²) in [6, 6.07) is 44.6. The SMILES string of the molecule is CCCCC1(CCCC)c2cc(C#CS(C)(C)C)ccc2-c2ccc(-c3ccc(N(c4ccccc4)c4ccccc4)cc3)cc21. The molecule has 0 fully saturated rings. The highest BCUT2D eigenvalue weighted by Crippen LogP contribution is 2.55. The van der Waals surface area contributed by atoms with Crippen LogP contribution in [0.15, 0.2) is 121 Å². The molecule has 5 aromatic carbocycles. The van der Waals surface area contributed by atoms with Crippen molar-refractivity contribution in [3.63, 3.8) is 0 Å². The average Bonchev–Trinajstić information content (AvgIpc) is 3.35. The molecule has 1 aliphatic rings. The lowest BCUT2D eigenvalue weighted by molar-refractivity contribution is 0.414. The number of para-hydroxylation sites is 2. The Bertz CT molecular complexity index is 1790. The van der Waals surface area contributed by atoms with Crippen LogP contribution in [-0.4, -0.2) is 18.8 Å². The lowest BCUT2D eigenvalue weighted by atomic mass is 9.70. The molecule has 0 spiro atoms. The van der Waals surface area contributed by atoms with Crippen LogP contribution in [-0.2, 0) is 5.41 Å². The van der Waals surface area contributed by atoms with Gasteiger partial charge in [-0.3, -0.25) is 0 Å². The molecule has 1 nitrogen and oxygen atoms in total. The molecule has 0 N–H and O–H groups in total. The summed E-state index contributed by atoms with van der Waals surface area (Å²) in [5.41, 5.74) is 13.0. The maximum absolute atomic E-state index is 3.56. The molecule has 0 amide bonds. The monoisotopic (exact) mass is 621 g/mol. The smallest absolute Gasteiger partial charge is 0.0462 e. The van der Waals surface area contributed by atoms with Crippen molar-refractivity contribution in [2.75, 3.05) is 23.7 Å². The molecule has 46 heavy (non-hydrogen) atoms. The van der Waals surface area contributed by atoms with E-state index in [1.165, 1.54) is 71.9 Å². The number of benzene rings is 5. The summed E-state index contributed by atoms with van der Waals surface area (Å²) < 4.78 is 0. The number of rotatable bonds is 10. The van der Waals surface area contributed by atoms with Crippen LogP contribution in [0.5, 0.6) is 0 Å². The Labute approximate surface area is 279 Å². The van der Waals surface area contributed by atoms with E-state index in [0.717, 1.165) is 22.6 Å². The van der Waals surface area contributed by atoms with Crippen molar-refractivity contribution < 1.29 is 0 Å². The zero-order valence-electron chi connectivity index (χ0n) is 28.1. The van der Waals surface area contributed by atoms with Crippen LogP contribution in [0.2, 0.25) is 0 Å². The molecule has 6 rings (SSSR count). The van der Waals surface area contributed by atoms with Gasteiger partial charge in [0.05, 0.1) is 0 Å². The highest BCUT2D eigenvalue weighted by Gasteiger charge is 2.42. The van der Waals surface area contributed by atoms with Crippen molar-refractivity contribution >= 4 is 27.1 Å². The van der Waals surface area contributed by atoms with Crippen molar-refractivity contribution in [3.8, 4) is 33.4 Å². The molecule has 0 atom stereocenters. The summed E-state index contributed by atoms with van der Waals surface area (Å²) in [6.07, 6.45) is 14.0. The first-order valence-corrected chi connectivity index (χ1v) is 19.7. The van der Waals surface area contributed by atoms with Crippen molar-refractivity contribution in [3.05, 3.63) is 138 Å². The van der Waals surface area contributed by atoms with Crippen molar-refractivity contribution in [1.82, 2.24) is 0 Å².